The van der Waals surface area contributed by atoms with Crippen LogP contribution in [0.4, 0.5) is 4.79 Å². The highest BCUT2D eigenvalue weighted by Gasteiger charge is 2.74. The Balaban J connectivity index is 2.37. The van der Waals surface area contributed by atoms with Crippen LogP contribution in [0.15, 0.2) is 0 Å². The molecule has 0 radical (unpaired) electrons. The van der Waals surface area contributed by atoms with Crippen LogP contribution in [0.3, 0.4) is 0 Å². The van der Waals surface area contributed by atoms with E-state index >= 15 is 0 Å². The maximum absolute atomic E-state index is 10.8. The number of carbonyl (C=O) groups is 1. The van der Waals surface area contributed by atoms with Crippen molar-refractivity contribution in [2.45, 2.75) is 30.1 Å². The molecule has 9 heteroatoms. The lowest BCUT2D eigenvalue weighted by molar-refractivity contribution is -0.475. The monoisotopic (exact) mass is 238 g/mol. The predicted octanol–water partition coefficient (Wildman–Crippen LogP) is -3.40. The Bertz CT molecular complexity index is 319. The van der Waals surface area contributed by atoms with Gasteiger partial charge in [-0.15, -0.1) is 0 Å². The molecule has 2 rings (SSSR count). The molecule has 0 aromatic heterocycles. The summed E-state index contributed by atoms with van der Waals surface area (Å²) in [6.07, 6.45) is -6.76. The minimum absolute atomic E-state index is 0.770. The van der Waals surface area contributed by atoms with Gasteiger partial charge in [0.1, 0.15) is 12.2 Å². The van der Waals surface area contributed by atoms with Gasteiger partial charge in [-0.05, 0) is 0 Å². The topological polar surface area (TPSA) is 146 Å². The zero-order chi connectivity index (χ0) is 12.1. The van der Waals surface area contributed by atoms with Gasteiger partial charge in [0.15, 0.2) is 6.10 Å². The van der Waals surface area contributed by atoms with Crippen molar-refractivity contribution in [1.29, 1.82) is 0 Å². The number of ether oxygens (including phenoxy) is 3. The summed E-state index contributed by atoms with van der Waals surface area (Å²) in [6.45, 7) is -0.770. The molecule has 0 aromatic rings. The van der Waals surface area contributed by atoms with Crippen LogP contribution in [-0.2, 0) is 14.2 Å². The van der Waals surface area contributed by atoms with Crippen LogP contribution in [0.25, 0.3) is 0 Å². The molecule has 2 saturated heterocycles. The largest absolute Gasteiger partial charge is 0.515 e. The molecule has 16 heavy (non-hydrogen) atoms. The summed E-state index contributed by atoms with van der Waals surface area (Å²) >= 11 is 0. The Morgan fingerprint density at radius 2 is 1.88 bits per heavy atom. The highest BCUT2D eigenvalue weighted by molar-refractivity contribution is 5.63. The van der Waals surface area contributed by atoms with E-state index in [1.54, 1.807) is 0 Å². The van der Waals surface area contributed by atoms with Crippen LogP contribution in [-0.4, -0.2) is 68.4 Å². The van der Waals surface area contributed by atoms with Gasteiger partial charge in [0.25, 0.3) is 0 Å². The zero-order valence-corrected chi connectivity index (χ0v) is 7.81. The van der Waals surface area contributed by atoms with Crippen LogP contribution in [0.1, 0.15) is 0 Å². The number of aliphatic hydroxyl groups is 5. The molecule has 2 heterocycles. The molecule has 0 aliphatic carbocycles. The summed E-state index contributed by atoms with van der Waals surface area (Å²) < 4.78 is 12.9. The number of rotatable bonds is 1. The fourth-order valence-electron chi connectivity index (χ4n) is 1.61. The van der Waals surface area contributed by atoms with Crippen molar-refractivity contribution in [2.24, 2.45) is 0 Å². The number of hydrogen-bond acceptors (Lipinski definition) is 9. The Morgan fingerprint density at radius 1 is 1.25 bits per heavy atom. The molecule has 0 unspecified atom stereocenters. The molecule has 9 nitrogen and oxygen atoms in total. The molecule has 2 fully saturated rings. The molecule has 5 atom stereocenters. The summed E-state index contributed by atoms with van der Waals surface area (Å²) in [5.41, 5.74) is 0. The molecule has 0 spiro atoms. The van der Waals surface area contributed by atoms with E-state index in [-0.39, 0.29) is 0 Å². The van der Waals surface area contributed by atoms with Crippen LogP contribution in [0.5, 0.6) is 0 Å². The van der Waals surface area contributed by atoms with E-state index in [1.807, 2.05) is 0 Å². The number of aliphatic hydroxyl groups excluding tert-OH is 3. The Labute approximate surface area is 88.4 Å². The van der Waals surface area contributed by atoms with Gasteiger partial charge >= 0.3 is 17.9 Å². The average Bonchev–Trinajstić information content (AvgIpc) is 2.44. The second-order valence-corrected chi connectivity index (χ2v) is 3.51. The van der Waals surface area contributed by atoms with E-state index in [0.717, 1.165) is 0 Å². The van der Waals surface area contributed by atoms with E-state index in [9.17, 15) is 25.2 Å². The highest BCUT2D eigenvalue weighted by Crippen LogP contribution is 2.42. The number of carbonyl (C=O) groups excluding carboxylic acids is 1. The number of hydrogen-bond donors (Lipinski definition) is 5. The van der Waals surface area contributed by atoms with E-state index < -0.39 is 42.8 Å². The van der Waals surface area contributed by atoms with Crippen molar-refractivity contribution in [2.75, 3.05) is 6.61 Å². The quantitative estimate of drug-likeness (QED) is 0.295. The molecule has 92 valence electrons. The van der Waals surface area contributed by atoms with Gasteiger partial charge in [0, 0.05) is 0 Å². The molecule has 0 saturated carbocycles. The van der Waals surface area contributed by atoms with Gasteiger partial charge < -0.3 is 39.7 Å². The van der Waals surface area contributed by atoms with Crippen LogP contribution < -0.4 is 0 Å². The summed E-state index contributed by atoms with van der Waals surface area (Å²) in [5, 5.41) is 46.9. The van der Waals surface area contributed by atoms with E-state index in [1.165, 1.54) is 0 Å². The maximum atomic E-state index is 10.8. The Kier molecular flexibility index (Phi) is 2.35. The van der Waals surface area contributed by atoms with Crippen molar-refractivity contribution in [3.8, 4) is 0 Å². The highest BCUT2D eigenvalue weighted by atomic mass is 17.0. The third kappa shape index (κ3) is 1.24. The van der Waals surface area contributed by atoms with Gasteiger partial charge in [-0.1, -0.05) is 0 Å². The zero-order valence-electron chi connectivity index (χ0n) is 7.81. The second kappa shape index (κ2) is 3.26. The summed E-state index contributed by atoms with van der Waals surface area (Å²) in [5.74, 6) is -5.90. The van der Waals surface area contributed by atoms with Crippen molar-refractivity contribution in [3.63, 3.8) is 0 Å². The van der Waals surface area contributed by atoms with Crippen molar-refractivity contribution >= 4 is 6.16 Å². The third-order valence-corrected chi connectivity index (χ3v) is 2.51. The van der Waals surface area contributed by atoms with Crippen molar-refractivity contribution in [1.82, 2.24) is 0 Å². The predicted molar refractivity (Wildman–Crippen MR) is 41.4 cm³/mol. The van der Waals surface area contributed by atoms with Gasteiger partial charge in [-0.3, -0.25) is 0 Å². The normalized spacial score (nSPS) is 51.8. The van der Waals surface area contributed by atoms with Crippen LogP contribution in [0.2, 0.25) is 0 Å². The molecular weight excluding hydrogens is 228 g/mol. The first kappa shape index (κ1) is 11.5. The van der Waals surface area contributed by atoms with E-state index in [0.29, 0.717) is 0 Å². The molecule has 2 aliphatic rings. The summed E-state index contributed by atoms with van der Waals surface area (Å²) in [4.78, 5) is 10.8. The number of fused-ring (bicyclic) bond motifs is 1. The first-order valence-corrected chi connectivity index (χ1v) is 4.35. The molecule has 5 N–H and O–H groups in total. The molecular formula is C7H10O9. The molecule has 0 amide bonds. The van der Waals surface area contributed by atoms with Gasteiger partial charge in [-0.2, -0.15) is 0 Å². The summed E-state index contributed by atoms with van der Waals surface area (Å²) in [7, 11) is 0. The molecule has 0 bridgehead atoms. The summed E-state index contributed by atoms with van der Waals surface area (Å²) in [6, 6.07) is 0. The van der Waals surface area contributed by atoms with Crippen molar-refractivity contribution in [3.05, 3.63) is 0 Å². The smallest absolute Gasteiger partial charge is 0.394 e. The maximum Gasteiger partial charge on any atom is 0.515 e. The first-order valence-electron chi connectivity index (χ1n) is 4.35. The van der Waals surface area contributed by atoms with E-state index in [2.05, 4.69) is 14.2 Å². The lowest BCUT2D eigenvalue weighted by atomic mass is 9.94. The van der Waals surface area contributed by atoms with Crippen LogP contribution in [0, 0.1) is 0 Å². The van der Waals surface area contributed by atoms with Crippen molar-refractivity contribution < 1.29 is 44.5 Å². The van der Waals surface area contributed by atoms with E-state index in [4.69, 9.17) is 5.11 Å². The lowest BCUT2D eigenvalue weighted by Crippen LogP contribution is -2.71. The SMILES string of the molecule is O=C1O[C@@]2(O)O[C@H](CO)[C@H](O)[C@H](O)[C@@]2(O)O1. The second-order valence-electron chi connectivity index (χ2n) is 3.51. The first-order chi connectivity index (χ1) is 7.34. The fourth-order valence-corrected chi connectivity index (χ4v) is 1.61. The lowest BCUT2D eigenvalue weighted by Gasteiger charge is -2.44. The standard InChI is InChI=1S/C7H10O9/c8-1-2-3(9)4(10)6(12)7(13,14-2)16-5(11)15-6/h2-4,8-10,12-13H,1H2/t2-,3+,4+,6-,7+/m1/s1. The molecule has 0 aromatic carbocycles. The van der Waals surface area contributed by atoms with Gasteiger partial charge in [-0.25, -0.2) is 4.79 Å². The third-order valence-electron chi connectivity index (χ3n) is 2.51. The fraction of sp³-hybridized carbons (Fsp3) is 0.857. The Hall–Kier alpha value is -0.970. The molecule has 2 aliphatic heterocycles. The van der Waals surface area contributed by atoms with Crippen LogP contribution >= 0.6 is 0 Å². The van der Waals surface area contributed by atoms with Gasteiger partial charge in [0.2, 0.25) is 0 Å². The minimum atomic E-state index is -2.96. The Morgan fingerprint density at radius 3 is 2.44 bits per heavy atom. The average molecular weight is 238 g/mol. The van der Waals surface area contributed by atoms with Gasteiger partial charge in [0.05, 0.1) is 6.61 Å². The minimum Gasteiger partial charge on any atom is -0.394 e.